The standard InChI is InChI=1S/C24H34N2O3/c1-4-28-23-16-21(10-11-22(23)29-18-20-8-6-5-7-9-20)17-25-19-24(2,3)26-12-14-27-15-13-26/h5-11,16,25H,4,12-15,17-19H2,1-3H3. The van der Waals surface area contributed by atoms with Gasteiger partial charge in [-0.05, 0) is 44.0 Å². The first-order chi connectivity index (χ1) is 14.1. The first-order valence-corrected chi connectivity index (χ1v) is 10.5. The molecule has 0 saturated carbocycles. The number of hydrogen-bond donors (Lipinski definition) is 1. The van der Waals surface area contributed by atoms with Crippen LogP contribution in [0.1, 0.15) is 31.9 Å². The summed E-state index contributed by atoms with van der Waals surface area (Å²) in [5.41, 5.74) is 2.44. The van der Waals surface area contributed by atoms with Crippen LogP contribution >= 0.6 is 0 Å². The Labute approximate surface area is 175 Å². The Morgan fingerprint density at radius 3 is 2.45 bits per heavy atom. The van der Waals surface area contributed by atoms with E-state index in [-0.39, 0.29) is 5.54 Å². The number of nitrogens with one attached hydrogen (secondary N) is 1. The summed E-state index contributed by atoms with van der Waals surface area (Å²) in [6.07, 6.45) is 0. The van der Waals surface area contributed by atoms with E-state index in [1.165, 1.54) is 5.56 Å². The second kappa shape index (κ2) is 10.6. The van der Waals surface area contributed by atoms with Gasteiger partial charge in [0.2, 0.25) is 0 Å². The van der Waals surface area contributed by atoms with Gasteiger partial charge in [-0.25, -0.2) is 0 Å². The van der Waals surface area contributed by atoms with Crippen LogP contribution in [0, 0.1) is 0 Å². The van der Waals surface area contributed by atoms with Crippen LogP contribution in [0.15, 0.2) is 48.5 Å². The third-order valence-electron chi connectivity index (χ3n) is 5.30. The summed E-state index contributed by atoms with van der Waals surface area (Å²) < 4.78 is 17.3. The van der Waals surface area contributed by atoms with Crippen LogP contribution in [0.2, 0.25) is 0 Å². The Hall–Kier alpha value is -2.08. The Bertz CT molecular complexity index is 743. The minimum absolute atomic E-state index is 0.102. The van der Waals surface area contributed by atoms with E-state index in [9.17, 15) is 0 Å². The zero-order valence-electron chi connectivity index (χ0n) is 17.9. The first-order valence-electron chi connectivity index (χ1n) is 10.5. The molecule has 1 heterocycles. The van der Waals surface area contributed by atoms with Crippen LogP contribution in [-0.2, 0) is 17.9 Å². The molecule has 0 bridgehead atoms. The SMILES string of the molecule is CCOc1cc(CNCC(C)(C)N2CCOCC2)ccc1OCc1ccccc1. The largest absolute Gasteiger partial charge is 0.490 e. The third kappa shape index (κ3) is 6.46. The van der Waals surface area contributed by atoms with E-state index >= 15 is 0 Å². The minimum atomic E-state index is 0.102. The van der Waals surface area contributed by atoms with Gasteiger partial charge >= 0.3 is 0 Å². The van der Waals surface area contributed by atoms with Crippen molar-refractivity contribution >= 4 is 0 Å². The van der Waals surface area contributed by atoms with Gasteiger partial charge in [0.1, 0.15) is 6.61 Å². The molecule has 5 nitrogen and oxygen atoms in total. The number of benzene rings is 2. The summed E-state index contributed by atoms with van der Waals surface area (Å²) in [6, 6.07) is 16.4. The molecule has 1 N–H and O–H groups in total. The van der Waals surface area contributed by atoms with Gasteiger partial charge in [0.15, 0.2) is 11.5 Å². The van der Waals surface area contributed by atoms with E-state index in [4.69, 9.17) is 14.2 Å². The zero-order chi connectivity index (χ0) is 20.5. The van der Waals surface area contributed by atoms with Crippen LogP contribution in [-0.4, -0.2) is 49.9 Å². The van der Waals surface area contributed by atoms with E-state index < -0.39 is 0 Å². The van der Waals surface area contributed by atoms with Crippen molar-refractivity contribution in [2.75, 3.05) is 39.5 Å². The monoisotopic (exact) mass is 398 g/mol. The van der Waals surface area contributed by atoms with E-state index in [1.54, 1.807) is 0 Å². The number of nitrogens with zero attached hydrogens (tertiary/aromatic N) is 1. The van der Waals surface area contributed by atoms with Crippen molar-refractivity contribution in [1.29, 1.82) is 0 Å². The number of morpholine rings is 1. The van der Waals surface area contributed by atoms with Gasteiger partial charge in [-0.1, -0.05) is 36.4 Å². The molecule has 0 amide bonds. The van der Waals surface area contributed by atoms with Crippen LogP contribution in [0.4, 0.5) is 0 Å². The Morgan fingerprint density at radius 1 is 0.966 bits per heavy atom. The molecule has 0 radical (unpaired) electrons. The molecule has 0 spiro atoms. The number of hydrogen-bond acceptors (Lipinski definition) is 5. The van der Waals surface area contributed by atoms with Gasteiger partial charge in [0.05, 0.1) is 19.8 Å². The summed E-state index contributed by atoms with van der Waals surface area (Å²) >= 11 is 0. The highest BCUT2D eigenvalue weighted by Gasteiger charge is 2.27. The molecule has 3 rings (SSSR count). The number of rotatable bonds is 10. The molecule has 0 aliphatic carbocycles. The maximum Gasteiger partial charge on any atom is 0.161 e. The van der Waals surface area contributed by atoms with Crippen LogP contribution < -0.4 is 14.8 Å². The topological polar surface area (TPSA) is 43.0 Å². The predicted octanol–water partition coefficient (Wildman–Crippen LogP) is 3.86. The fourth-order valence-electron chi connectivity index (χ4n) is 3.58. The lowest BCUT2D eigenvalue weighted by Crippen LogP contribution is -2.54. The smallest absolute Gasteiger partial charge is 0.161 e. The molecule has 1 saturated heterocycles. The molecule has 1 fully saturated rings. The lowest BCUT2D eigenvalue weighted by Gasteiger charge is -2.41. The van der Waals surface area contributed by atoms with Crippen molar-refractivity contribution in [2.24, 2.45) is 0 Å². The van der Waals surface area contributed by atoms with E-state index in [0.717, 1.165) is 56.5 Å². The summed E-state index contributed by atoms with van der Waals surface area (Å²) in [5.74, 6) is 1.59. The third-order valence-corrected chi connectivity index (χ3v) is 5.30. The molecular formula is C24H34N2O3. The quantitative estimate of drug-likeness (QED) is 0.658. The van der Waals surface area contributed by atoms with Crippen LogP contribution in [0.5, 0.6) is 11.5 Å². The molecule has 158 valence electrons. The second-order valence-electron chi connectivity index (χ2n) is 8.00. The zero-order valence-corrected chi connectivity index (χ0v) is 17.9. The van der Waals surface area contributed by atoms with E-state index in [1.807, 2.05) is 31.2 Å². The van der Waals surface area contributed by atoms with Crippen molar-refractivity contribution in [1.82, 2.24) is 10.2 Å². The van der Waals surface area contributed by atoms with Gasteiger partial charge in [0.25, 0.3) is 0 Å². The molecule has 0 unspecified atom stereocenters. The summed E-state index contributed by atoms with van der Waals surface area (Å²) in [4.78, 5) is 2.50. The molecule has 1 aliphatic heterocycles. The Morgan fingerprint density at radius 2 is 1.72 bits per heavy atom. The average molecular weight is 399 g/mol. The highest BCUT2D eigenvalue weighted by atomic mass is 16.5. The van der Waals surface area contributed by atoms with Gasteiger partial charge < -0.3 is 19.5 Å². The number of ether oxygens (including phenoxy) is 3. The van der Waals surface area contributed by atoms with Crippen molar-refractivity contribution in [3.8, 4) is 11.5 Å². The molecule has 29 heavy (non-hydrogen) atoms. The normalized spacial score (nSPS) is 15.3. The van der Waals surface area contributed by atoms with Gasteiger partial charge in [-0.15, -0.1) is 0 Å². The van der Waals surface area contributed by atoms with Crippen molar-refractivity contribution < 1.29 is 14.2 Å². The summed E-state index contributed by atoms with van der Waals surface area (Å²) in [5, 5.41) is 3.61. The van der Waals surface area contributed by atoms with Gasteiger partial charge in [0, 0.05) is 31.7 Å². The second-order valence-corrected chi connectivity index (χ2v) is 8.00. The summed E-state index contributed by atoms with van der Waals surface area (Å²) in [6.45, 7) is 13.1. The van der Waals surface area contributed by atoms with Gasteiger partial charge in [-0.2, -0.15) is 0 Å². The molecule has 0 aromatic heterocycles. The highest BCUT2D eigenvalue weighted by molar-refractivity contribution is 5.43. The van der Waals surface area contributed by atoms with E-state index in [2.05, 4.69) is 48.3 Å². The molecule has 2 aromatic rings. The fourth-order valence-corrected chi connectivity index (χ4v) is 3.58. The molecule has 2 aromatic carbocycles. The first kappa shape index (κ1) is 21.6. The molecular weight excluding hydrogens is 364 g/mol. The van der Waals surface area contributed by atoms with Gasteiger partial charge in [-0.3, -0.25) is 4.90 Å². The lowest BCUT2D eigenvalue weighted by atomic mass is 10.0. The van der Waals surface area contributed by atoms with Crippen LogP contribution in [0.3, 0.4) is 0 Å². The maximum atomic E-state index is 6.00. The maximum absolute atomic E-state index is 6.00. The van der Waals surface area contributed by atoms with Crippen molar-refractivity contribution in [3.05, 3.63) is 59.7 Å². The Kier molecular flexibility index (Phi) is 7.92. The van der Waals surface area contributed by atoms with Crippen LogP contribution in [0.25, 0.3) is 0 Å². The van der Waals surface area contributed by atoms with Crippen molar-refractivity contribution in [2.45, 2.75) is 39.5 Å². The van der Waals surface area contributed by atoms with E-state index in [0.29, 0.717) is 13.2 Å². The summed E-state index contributed by atoms with van der Waals surface area (Å²) in [7, 11) is 0. The highest BCUT2D eigenvalue weighted by Crippen LogP contribution is 2.29. The minimum Gasteiger partial charge on any atom is -0.490 e. The van der Waals surface area contributed by atoms with Crippen molar-refractivity contribution in [3.63, 3.8) is 0 Å². The predicted molar refractivity (Wildman–Crippen MR) is 117 cm³/mol. The Balaban J connectivity index is 1.56. The lowest BCUT2D eigenvalue weighted by molar-refractivity contribution is -0.00967. The molecule has 5 heteroatoms. The average Bonchev–Trinajstić information content (AvgIpc) is 2.75. The molecule has 0 atom stereocenters. The molecule has 1 aliphatic rings. The fraction of sp³-hybridized carbons (Fsp3) is 0.500.